The Morgan fingerprint density at radius 3 is 2.90 bits per heavy atom. The Labute approximate surface area is 123 Å². The first-order valence-corrected chi connectivity index (χ1v) is 7.86. The lowest BCUT2D eigenvalue weighted by molar-refractivity contribution is 0.570. The van der Waals surface area contributed by atoms with Crippen molar-refractivity contribution in [1.82, 2.24) is 5.32 Å². The van der Waals surface area contributed by atoms with Crippen LogP contribution >= 0.6 is 0 Å². The van der Waals surface area contributed by atoms with Gasteiger partial charge in [0.25, 0.3) is 0 Å². The van der Waals surface area contributed by atoms with Crippen molar-refractivity contribution in [2.24, 2.45) is 0 Å². The lowest BCUT2D eigenvalue weighted by atomic mass is 10.0. The molecule has 0 fully saturated rings. The number of nitrogens with one attached hydrogen (secondary N) is 1. The first-order chi connectivity index (χ1) is 9.61. The lowest BCUT2D eigenvalue weighted by Crippen LogP contribution is -2.20. The summed E-state index contributed by atoms with van der Waals surface area (Å²) in [5.74, 6) is 0. The van der Waals surface area contributed by atoms with E-state index < -0.39 is 0 Å². The Balaban J connectivity index is 2.08. The van der Waals surface area contributed by atoms with Gasteiger partial charge >= 0.3 is 0 Å². The molecule has 2 nitrogen and oxygen atoms in total. The summed E-state index contributed by atoms with van der Waals surface area (Å²) in [6, 6.07) is 7.44. The molecule has 1 aromatic carbocycles. The minimum atomic E-state index is 0.451. The Morgan fingerprint density at radius 1 is 1.40 bits per heavy atom. The number of fused-ring (bicyclic) bond motifs is 1. The van der Waals surface area contributed by atoms with E-state index in [2.05, 4.69) is 62.2 Å². The highest BCUT2D eigenvalue weighted by Crippen LogP contribution is 2.30. The van der Waals surface area contributed by atoms with E-state index in [1.807, 2.05) is 0 Å². The highest BCUT2D eigenvalue weighted by Gasteiger charge is 2.19. The standard InChI is InChI=1S/C18H28N2/c1-5-10-19-15(4)16-6-7-18-17(13-16)9-12-20(18)11-8-14(2)3/h6-8,13,15,19H,5,9-12H2,1-4H3. The van der Waals surface area contributed by atoms with Crippen molar-refractivity contribution >= 4 is 5.69 Å². The van der Waals surface area contributed by atoms with E-state index in [0.29, 0.717) is 6.04 Å². The van der Waals surface area contributed by atoms with Gasteiger partial charge in [0.1, 0.15) is 0 Å². The molecule has 2 rings (SSSR count). The Bertz CT molecular complexity index is 472. The second-order valence-corrected chi connectivity index (χ2v) is 6.04. The first kappa shape index (κ1) is 15.1. The van der Waals surface area contributed by atoms with Gasteiger partial charge in [0.05, 0.1) is 0 Å². The zero-order valence-electron chi connectivity index (χ0n) is 13.4. The van der Waals surface area contributed by atoms with Crippen LogP contribution in [0.4, 0.5) is 5.69 Å². The van der Waals surface area contributed by atoms with Gasteiger partial charge in [-0.15, -0.1) is 0 Å². The molecule has 20 heavy (non-hydrogen) atoms. The number of hydrogen-bond donors (Lipinski definition) is 1. The highest BCUT2D eigenvalue weighted by atomic mass is 15.1. The number of hydrogen-bond acceptors (Lipinski definition) is 2. The topological polar surface area (TPSA) is 15.3 Å². The van der Waals surface area contributed by atoms with Crippen LogP contribution in [0.2, 0.25) is 0 Å². The van der Waals surface area contributed by atoms with Gasteiger partial charge in [0, 0.05) is 24.8 Å². The third-order valence-electron chi connectivity index (χ3n) is 4.02. The Morgan fingerprint density at radius 2 is 2.20 bits per heavy atom. The van der Waals surface area contributed by atoms with E-state index in [4.69, 9.17) is 0 Å². The van der Waals surface area contributed by atoms with Crippen LogP contribution in [0.3, 0.4) is 0 Å². The van der Waals surface area contributed by atoms with Crippen molar-refractivity contribution in [3.05, 3.63) is 41.0 Å². The van der Waals surface area contributed by atoms with Gasteiger partial charge in [-0.05, 0) is 57.4 Å². The minimum Gasteiger partial charge on any atom is -0.367 e. The maximum Gasteiger partial charge on any atom is 0.0402 e. The Kier molecular flexibility index (Phi) is 5.24. The van der Waals surface area contributed by atoms with E-state index in [-0.39, 0.29) is 0 Å². The van der Waals surface area contributed by atoms with Crippen molar-refractivity contribution in [1.29, 1.82) is 0 Å². The van der Waals surface area contributed by atoms with E-state index in [9.17, 15) is 0 Å². The summed E-state index contributed by atoms with van der Waals surface area (Å²) in [6.45, 7) is 12.1. The monoisotopic (exact) mass is 272 g/mol. The summed E-state index contributed by atoms with van der Waals surface area (Å²) in [5.41, 5.74) is 5.75. The summed E-state index contributed by atoms with van der Waals surface area (Å²) >= 11 is 0. The smallest absolute Gasteiger partial charge is 0.0402 e. The number of benzene rings is 1. The number of nitrogens with zero attached hydrogens (tertiary/aromatic N) is 1. The fourth-order valence-electron chi connectivity index (χ4n) is 2.72. The fraction of sp³-hybridized carbons (Fsp3) is 0.556. The maximum absolute atomic E-state index is 3.57. The average Bonchev–Trinajstić information content (AvgIpc) is 2.84. The zero-order chi connectivity index (χ0) is 14.5. The quantitative estimate of drug-likeness (QED) is 0.785. The summed E-state index contributed by atoms with van der Waals surface area (Å²) in [7, 11) is 0. The zero-order valence-corrected chi connectivity index (χ0v) is 13.4. The molecule has 0 bridgehead atoms. The summed E-state index contributed by atoms with van der Waals surface area (Å²) in [4.78, 5) is 2.48. The van der Waals surface area contributed by atoms with Crippen molar-refractivity contribution in [2.75, 3.05) is 24.5 Å². The van der Waals surface area contributed by atoms with Crippen LogP contribution in [0.25, 0.3) is 0 Å². The van der Waals surface area contributed by atoms with E-state index in [1.165, 1.54) is 35.2 Å². The van der Waals surface area contributed by atoms with Gasteiger partial charge in [0.2, 0.25) is 0 Å². The van der Waals surface area contributed by atoms with Crippen LogP contribution in [0, 0.1) is 0 Å². The highest BCUT2D eigenvalue weighted by molar-refractivity contribution is 5.59. The molecule has 1 aromatic rings. The van der Waals surface area contributed by atoms with E-state index in [0.717, 1.165) is 19.6 Å². The maximum atomic E-state index is 3.57. The molecule has 110 valence electrons. The second-order valence-electron chi connectivity index (χ2n) is 6.04. The molecule has 0 aromatic heterocycles. The molecule has 0 aliphatic carbocycles. The molecule has 0 amide bonds. The van der Waals surface area contributed by atoms with Crippen LogP contribution in [0.1, 0.15) is 51.3 Å². The van der Waals surface area contributed by atoms with E-state index in [1.54, 1.807) is 0 Å². The van der Waals surface area contributed by atoms with Gasteiger partial charge in [-0.3, -0.25) is 0 Å². The van der Waals surface area contributed by atoms with Gasteiger partial charge in [-0.1, -0.05) is 30.7 Å². The molecular weight excluding hydrogens is 244 g/mol. The minimum absolute atomic E-state index is 0.451. The molecule has 1 unspecified atom stereocenters. The largest absolute Gasteiger partial charge is 0.367 e. The van der Waals surface area contributed by atoms with Gasteiger partial charge in [-0.25, -0.2) is 0 Å². The predicted molar refractivity (Wildman–Crippen MR) is 88.5 cm³/mol. The average molecular weight is 272 g/mol. The third kappa shape index (κ3) is 3.63. The summed E-state index contributed by atoms with van der Waals surface area (Å²) in [5, 5.41) is 3.57. The van der Waals surface area contributed by atoms with Crippen LogP contribution in [-0.2, 0) is 6.42 Å². The van der Waals surface area contributed by atoms with Crippen LogP contribution in [-0.4, -0.2) is 19.6 Å². The number of rotatable bonds is 6. The normalized spacial score (nSPS) is 15.1. The van der Waals surface area contributed by atoms with E-state index >= 15 is 0 Å². The molecule has 0 saturated carbocycles. The number of anilines is 1. The fourth-order valence-corrected chi connectivity index (χ4v) is 2.72. The first-order valence-electron chi connectivity index (χ1n) is 7.86. The second kappa shape index (κ2) is 6.94. The predicted octanol–water partition coefficient (Wildman–Crippen LogP) is 4.08. The van der Waals surface area contributed by atoms with Crippen molar-refractivity contribution in [2.45, 2.75) is 46.6 Å². The Hall–Kier alpha value is -1.28. The molecule has 0 spiro atoms. The third-order valence-corrected chi connectivity index (χ3v) is 4.02. The molecule has 1 N–H and O–H groups in total. The molecule has 1 aliphatic heterocycles. The van der Waals surface area contributed by atoms with Crippen molar-refractivity contribution < 1.29 is 0 Å². The molecule has 1 aliphatic rings. The van der Waals surface area contributed by atoms with Gasteiger partial charge in [0.15, 0.2) is 0 Å². The van der Waals surface area contributed by atoms with Crippen molar-refractivity contribution in [3.8, 4) is 0 Å². The molecule has 0 radical (unpaired) electrons. The van der Waals surface area contributed by atoms with Gasteiger partial charge in [-0.2, -0.15) is 0 Å². The molecule has 1 atom stereocenters. The van der Waals surface area contributed by atoms with Gasteiger partial charge < -0.3 is 10.2 Å². The summed E-state index contributed by atoms with van der Waals surface area (Å²) < 4.78 is 0. The van der Waals surface area contributed by atoms with Crippen LogP contribution < -0.4 is 10.2 Å². The molecule has 1 heterocycles. The van der Waals surface area contributed by atoms with Crippen LogP contribution in [0.15, 0.2) is 29.8 Å². The van der Waals surface area contributed by atoms with Crippen LogP contribution in [0.5, 0.6) is 0 Å². The lowest BCUT2D eigenvalue weighted by Gasteiger charge is -2.19. The SMILES string of the molecule is CCCNC(C)c1ccc2c(c1)CCN2CC=C(C)C. The van der Waals surface area contributed by atoms with Crippen molar-refractivity contribution in [3.63, 3.8) is 0 Å². The number of allylic oxidation sites excluding steroid dienone is 1. The molecule has 2 heteroatoms. The summed E-state index contributed by atoms with van der Waals surface area (Å²) in [6.07, 6.45) is 4.68. The molecular formula is C18H28N2. The molecule has 0 saturated heterocycles.